The van der Waals surface area contributed by atoms with E-state index in [2.05, 4.69) is 0 Å². The number of carbonyl (C=O) groups excluding carboxylic acids is 1. The summed E-state index contributed by atoms with van der Waals surface area (Å²) >= 11 is 5.83. The molecule has 0 fully saturated rings. The van der Waals surface area contributed by atoms with Crippen molar-refractivity contribution >= 4 is 23.6 Å². The average Bonchev–Trinajstić information content (AvgIpc) is 2.68. The standard InChI is InChI=1S/C22H17ClO3/c23-19-9-6-17(7-10-19)8-15-22(24)26-21-13-11-20(12-14-21)25-16-18-4-2-1-3-5-18/h1-15H,16H2/b15-8+. The number of hydrogen-bond donors (Lipinski definition) is 0. The Bertz CT molecular complexity index is 870. The Morgan fingerprint density at radius 1 is 0.846 bits per heavy atom. The van der Waals surface area contributed by atoms with Gasteiger partial charge >= 0.3 is 5.97 Å². The fourth-order valence-electron chi connectivity index (χ4n) is 2.23. The van der Waals surface area contributed by atoms with Crippen LogP contribution in [0.3, 0.4) is 0 Å². The molecule has 0 spiro atoms. The van der Waals surface area contributed by atoms with Crippen molar-refractivity contribution in [3.05, 3.63) is 101 Å². The molecule has 0 amide bonds. The molecule has 0 aliphatic rings. The predicted octanol–water partition coefficient (Wildman–Crippen LogP) is 5.54. The van der Waals surface area contributed by atoms with Crippen LogP contribution in [0.25, 0.3) is 6.08 Å². The van der Waals surface area contributed by atoms with E-state index in [1.165, 1.54) is 6.08 Å². The summed E-state index contributed by atoms with van der Waals surface area (Å²) in [6.45, 7) is 0.490. The van der Waals surface area contributed by atoms with Crippen LogP contribution < -0.4 is 9.47 Å². The summed E-state index contributed by atoms with van der Waals surface area (Å²) in [5.41, 5.74) is 1.96. The highest BCUT2D eigenvalue weighted by atomic mass is 35.5. The SMILES string of the molecule is O=C(/C=C/c1ccc(Cl)cc1)Oc1ccc(OCc2ccccc2)cc1. The lowest BCUT2D eigenvalue weighted by Crippen LogP contribution is -2.03. The molecule has 0 aromatic heterocycles. The van der Waals surface area contributed by atoms with Gasteiger partial charge in [-0.1, -0.05) is 54.1 Å². The van der Waals surface area contributed by atoms with E-state index in [4.69, 9.17) is 21.1 Å². The summed E-state index contributed by atoms with van der Waals surface area (Å²) in [5, 5.41) is 0.652. The van der Waals surface area contributed by atoms with Gasteiger partial charge in [0.2, 0.25) is 0 Å². The third-order valence-electron chi connectivity index (χ3n) is 3.57. The van der Waals surface area contributed by atoms with Crippen molar-refractivity contribution in [1.82, 2.24) is 0 Å². The van der Waals surface area contributed by atoms with Gasteiger partial charge in [-0.3, -0.25) is 0 Å². The first kappa shape index (κ1) is 17.8. The van der Waals surface area contributed by atoms with Crippen molar-refractivity contribution < 1.29 is 14.3 Å². The smallest absolute Gasteiger partial charge is 0.336 e. The summed E-state index contributed by atoms with van der Waals surface area (Å²) in [4.78, 5) is 11.9. The zero-order valence-corrected chi connectivity index (χ0v) is 14.7. The lowest BCUT2D eigenvalue weighted by molar-refractivity contribution is -0.128. The maximum absolute atomic E-state index is 11.9. The zero-order chi connectivity index (χ0) is 18.2. The minimum Gasteiger partial charge on any atom is -0.489 e. The molecule has 0 radical (unpaired) electrons. The zero-order valence-electron chi connectivity index (χ0n) is 14.0. The first-order valence-electron chi connectivity index (χ1n) is 8.11. The summed E-state index contributed by atoms with van der Waals surface area (Å²) in [7, 11) is 0. The van der Waals surface area contributed by atoms with E-state index < -0.39 is 5.97 Å². The van der Waals surface area contributed by atoms with Crippen LogP contribution in [0.2, 0.25) is 5.02 Å². The molecular formula is C22H17ClO3. The Morgan fingerprint density at radius 3 is 2.19 bits per heavy atom. The second-order valence-corrected chi connectivity index (χ2v) is 5.99. The molecule has 0 saturated heterocycles. The van der Waals surface area contributed by atoms with Crippen LogP contribution in [-0.2, 0) is 11.4 Å². The Hall–Kier alpha value is -3.04. The van der Waals surface area contributed by atoms with E-state index in [0.29, 0.717) is 23.1 Å². The van der Waals surface area contributed by atoms with Gasteiger partial charge in [0.15, 0.2) is 0 Å². The summed E-state index contributed by atoms with van der Waals surface area (Å²) in [6.07, 6.45) is 3.05. The molecule has 0 aliphatic carbocycles. The molecule has 0 bridgehead atoms. The fourth-order valence-corrected chi connectivity index (χ4v) is 2.36. The molecule has 3 rings (SSSR count). The molecule has 3 aromatic rings. The van der Waals surface area contributed by atoms with Gasteiger partial charge in [-0.05, 0) is 53.6 Å². The molecule has 3 aromatic carbocycles. The Morgan fingerprint density at radius 2 is 1.50 bits per heavy atom. The number of benzene rings is 3. The van der Waals surface area contributed by atoms with Crippen LogP contribution in [0.4, 0.5) is 0 Å². The first-order valence-corrected chi connectivity index (χ1v) is 8.49. The van der Waals surface area contributed by atoms with E-state index in [1.807, 2.05) is 42.5 Å². The largest absolute Gasteiger partial charge is 0.489 e. The van der Waals surface area contributed by atoms with Gasteiger partial charge in [-0.15, -0.1) is 0 Å². The highest BCUT2D eigenvalue weighted by Gasteiger charge is 2.02. The summed E-state index contributed by atoms with van der Waals surface area (Å²) in [5.74, 6) is 0.728. The van der Waals surface area contributed by atoms with Crippen molar-refractivity contribution in [1.29, 1.82) is 0 Å². The van der Waals surface area contributed by atoms with Gasteiger partial charge < -0.3 is 9.47 Å². The number of ether oxygens (including phenoxy) is 2. The van der Waals surface area contributed by atoms with Crippen molar-refractivity contribution in [2.75, 3.05) is 0 Å². The van der Waals surface area contributed by atoms with Gasteiger partial charge in [0, 0.05) is 11.1 Å². The Kier molecular flexibility index (Phi) is 6.07. The number of carbonyl (C=O) groups is 1. The maximum Gasteiger partial charge on any atom is 0.336 e. The van der Waals surface area contributed by atoms with Crippen molar-refractivity contribution in [2.24, 2.45) is 0 Å². The molecule has 26 heavy (non-hydrogen) atoms. The minimum atomic E-state index is -0.446. The second-order valence-electron chi connectivity index (χ2n) is 5.55. The molecule has 0 N–H and O–H groups in total. The van der Waals surface area contributed by atoms with E-state index in [-0.39, 0.29) is 0 Å². The van der Waals surface area contributed by atoms with E-state index in [9.17, 15) is 4.79 Å². The first-order chi connectivity index (χ1) is 12.7. The van der Waals surface area contributed by atoms with Gasteiger partial charge in [0.25, 0.3) is 0 Å². The Balaban J connectivity index is 1.51. The van der Waals surface area contributed by atoms with Crippen LogP contribution >= 0.6 is 11.6 Å². The average molecular weight is 365 g/mol. The van der Waals surface area contributed by atoms with Gasteiger partial charge in [-0.2, -0.15) is 0 Å². The van der Waals surface area contributed by atoms with Crippen LogP contribution in [0.1, 0.15) is 11.1 Å². The van der Waals surface area contributed by atoms with Gasteiger partial charge in [0.05, 0.1) is 0 Å². The topological polar surface area (TPSA) is 35.5 Å². The number of rotatable bonds is 6. The molecular weight excluding hydrogens is 348 g/mol. The van der Waals surface area contributed by atoms with E-state index in [0.717, 1.165) is 11.1 Å². The number of esters is 1. The molecule has 3 nitrogen and oxygen atoms in total. The Labute approximate surface area is 157 Å². The maximum atomic E-state index is 11.9. The molecule has 130 valence electrons. The number of halogens is 1. The van der Waals surface area contributed by atoms with Crippen LogP contribution in [-0.4, -0.2) is 5.97 Å². The fraction of sp³-hybridized carbons (Fsp3) is 0.0455. The third kappa shape index (κ3) is 5.50. The van der Waals surface area contributed by atoms with Crippen LogP contribution in [0.5, 0.6) is 11.5 Å². The monoisotopic (exact) mass is 364 g/mol. The van der Waals surface area contributed by atoms with Crippen molar-refractivity contribution in [3.63, 3.8) is 0 Å². The predicted molar refractivity (Wildman–Crippen MR) is 103 cm³/mol. The highest BCUT2D eigenvalue weighted by molar-refractivity contribution is 6.30. The molecule has 0 unspecified atom stereocenters. The third-order valence-corrected chi connectivity index (χ3v) is 3.82. The van der Waals surface area contributed by atoms with E-state index >= 15 is 0 Å². The van der Waals surface area contributed by atoms with Gasteiger partial charge in [0.1, 0.15) is 18.1 Å². The summed E-state index contributed by atoms with van der Waals surface area (Å²) < 4.78 is 11.0. The minimum absolute atomic E-state index is 0.446. The normalized spacial score (nSPS) is 10.7. The van der Waals surface area contributed by atoms with E-state index in [1.54, 1.807) is 42.5 Å². The molecule has 0 aliphatic heterocycles. The summed E-state index contributed by atoms with van der Waals surface area (Å²) in [6, 6.07) is 24.0. The van der Waals surface area contributed by atoms with Crippen molar-refractivity contribution in [3.8, 4) is 11.5 Å². The number of hydrogen-bond acceptors (Lipinski definition) is 3. The molecule has 0 saturated carbocycles. The lowest BCUT2D eigenvalue weighted by Gasteiger charge is -2.07. The molecule has 0 atom stereocenters. The van der Waals surface area contributed by atoms with Crippen LogP contribution in [0, 0.1) is 0 Å². The molecule has 0 heterocycles. The highest BCUT2D eigenvalue weighted by Crippen LogP contribution is 2.19. The lowest BCUT2D eigenvalue weighted by atomic mass is 10.2. The quantitative estimate of drug-likeness (QED) is 0.327. The van der Waals surface area contributed by atoms with Crippen LogP contribution in [0.15, 0.2) is 84.9 Å². The second kappa shape index (κ2) is 8.88. The van der Waals surface area contributed by atoms with Gasteiger partial charge in [-0.25, -0.2) is 4.79 Å². The molecule has 4 heteroatoms. The van der Waals surface area contributed by atoms with Crippen molar-refractivity contribution in [2.45, 2.75) is 6.61 Å².